The van der Waals surface area contributed by atoms with Crippen molar-refractivity contribution in [2.45, 2.75) is 19.9 Å². The number of amides is 1. The summed E-state index contributed by atoms with van der Waals surface area (Å²) in [5.74, 6) is 0.0622. The number of benzene rings is 1. The van der Waals surface area contributed by atoms with Crippen molar-refractivity contribution in [2.75, 3.05) is 0 Å². The van der Waals surface area contributed by atoms with E-state index in [0.717, 1.165) is 5.56 Å². The highest BCUT2D eigenvalue weighted by molar-refractivity contribution is 9.10. The van der Waals surface area contributed by atoms with Crippen molar-refractivity contribution in [3.8, 4) is 0 Å². The van der Waals surface area contributed by atoms with Gasteiger partial charge in [0.15, 0.2) is 0 Å². The summed E-state index contributed by atoms with van der Waals surface area (Å²) >= 11 is 9.19. The monoisotopic (exact) mass is 366 g/mol. The summed E-state index contributed by atoms with van der Waals surface area (Å²) in [7, 11) is 0. The number of pyridine rings is 1. The number of hydrogen-bond acceptors (Lipinski definition) is 2. The van der Waals surface area contributed by atoms with E-state index in [0.29, 0.717) is 15.3 Å². The lowest BCUT2D eigenvalue weighted by atomic mass is 9.96. The van der Waals surface area contributed by atoms with Crippen LogP contribution in [0.15, 0.2) is 47.1 Å². The second-order valence-corrected chi connectivity index (χ2v) is 6.34. The Morgan fingerprint density at radius 1 is 1.19 bits per heavy atom. The van der Waals surface area contributed by atoms with Crippen LogP contribution in [-0.2, 0) is 0 Å². The Morgan fingerprint density at radius 3 is 2.43 bits per heavy atom. The van der Waals surface area contributed by atoms with Crippen molar-refractivity contribution in [1.82, 2.24) is 10.3 Å². The minimum atomic E-state index is -0.190. The highest BCUT2D eigenvalue weighted by Gasteiger charge is 2.19. The molecule has 0 aliphatic rings. The van der Waals surface area contributed by atoms with Crippen molar-refractivity contribution in [3.63, 3.8) is 0 Å². The highest BCUT2D eigenvalue weighted by Crippen LogP contribution is 2.23. The molecule has 1 atom stereocenters. The second-order valence-electron chi connectivity index (χ2n) is 5.09. The molecule has 2 rings (SSSR count). The van der Waals surface area contributed by atoms with Crippen molar-refractivity contribution >= 4 is 33.4 Å². The fourth-order valence-corrected chi connectivity index (χ4v) is 2.52. The first-order valence-corrected chi connectivity index (χ1v) is 7.83. The van der Waals surface area contributed by atoms with Crippen LogP contribution in [0.3, 0.4) is 0 Å². The molecule has 1 unspecified atom stereocenters. The quantitative estimate of drug-likeness (QED) is 0.801. The first-order valence-electron chi connectivity index (χ1n) is 6.66. The Hall–Kier alpha value is -1.39. The summed E-state index contributed by atoms with van der Waals surface area (Å²) in [5.41, 5.74) is 1.42. The molecule has 0 saturated carbocycles. The number of nitrogens with one attached hydrogen (secondary N) is 1. The minimum absolute atomic E-state index is 0.0875. The summed E-state index contributed by atoms with van der Waals surface area (Å²) in [5, 5.41) is 3.71. The number of hydrogen-bond donors (Lipinski definition) is 1. The minimum Gasteiger partial charge on any atom is -0.344 e. The molecular weight excluding hydrogens is 352 g/mol. The lowest BCUT2D eigenvalue weighted by molar-refractivity contribution is 0.0920. The van der Waals surface area contributed by atoms with Gasteiger partial charge in [-0.15, -0.1) is 0 Å². The van der Waals surface area contributed by atoms with E-state index in [-0.39, 0.29) is 17.9 Å². The average Bonchev–Trinajstić information content (AvgIpc) is 2.45. The predicted molar refractivity (Wildman–Crippen MR) is 88.4 cm³/mol. The van der Waals surface area contributed by atoms with Gasteiger partial charge < -0.3 is 5.32 Å². The molecule has 1 aromatic carbocycles. The van der Waals surface area contributed by atoms with Gasteiger partial charge in [0.25, 0.3) is 5.91 Å². The summed E-state index contributed by atoms with van der Waals surface area (Å²) in [6, 6.07) is 12.7. The van der Waals surface area contributed by atoms with Gasteiger partial charge in [-0.25, -0.2) is 4.98 Å². The maximum Gasteiger partial charge on any atom is 0.270 e. The zero-order valence-electron chi connectivity index (χ0n) is 11.8. The fourth-order valence-electron chi connectivity index (χ4n) is 2.05. The zero-order chi connectivity index (χ0) is 15.4. The smallest absolute Gasteiger partial charge is 0.270 e. The zero-order valence-corrected chi connectivity index (χ0v) is 14.1. The summed E-state index contributed by atoms with van der Waals surface area (Å²) in [6.07, 6.45) is 0. The van der Waals surface area contributed by atoms with E-state index in [1.807, 2.05) is 24.3 Å². The lowest BCUT2D eigenvalue weighted by Crippen LogP contribution is -2.32. The van der Waals surface area contributed by atoms with Crippen molar-refractivity contribution in [2.24, 2.45) is 5.92 Å². The molecular formula is C16H16BrClN2O. The lowest BCUT2D eigenvalue weighted by Gasteiger charge is -2.23. The Balaban J connectivity index is 2.20. The van der Waals surface area contributed by atoms with Crippen LogP contribution in [0.1, 0.15) is 35.9 Å². The fraction of sp³-hybridized carbons (Fsp3) is 0.250. The number of rotatable bonds is 4. The van der Waals surface area contributed by atoms with Crippen LogP contribution in [0.4, 0.5) is 0 Å². The number of carbonyl (C=O) groups excluding carboxylic acids is 1. The molecule has 1 aromatic heterocycles. The molecule has 1 amide bonds. The summed E-state index contributed by atoms with van der Waals surface area (Å²) in [6.45, 7) is 4.13. The third kappa shape index (κ3) is 4.29. The van der Waals surface area contributed by atoms with E-state index in [9.17, 15) is 4.79 Å². The topological polar surface area (TPSA) is 42.0 Å². The van der Waals surface area contributed by atoms with Crippen LogP contribution in [0.2, 0.25) is 5.02 Å². The van der Waals surface area contributed by atoms with E-state index in [2.05, 4.69) is 40.1 Å². The molecule has 3 nitrogen and oxygen atoms in total. The van der Waals surface area contributed by atoms with E-state index in [4.69, 9.17) is 11.6 Å². The number of carbonyl (C=O) groups is 1. The summed E-state index contributed by atoms with van der Waals surface area (Å²) in [4.78, 5) is 16.5. The second kappa shape index (κ2) is 7.05. The molecule has 110 valence electrons. The predicted octanol–water partition coefficient (Wildman–Crippen LogP) is 4.62. The van der Waals surface area contributed by atoms with Gasteiger partial charge >= 0.3 is 0 Å². The van der Waals surface area contributed by atoms with Crippen LogP contribution in [0.5, 0.6) is 0 Å². The third-order valence-corrected chi connectivity index (χ3v) is 3.82. The van der Waals surface area contributed by atoms with Crippen LogP contribution in [0.25, 0.3) is 0 Å². The van der Waals surface area contributed by atoms with Crippen molar-refractivity contribution < 1.29 is 4.79 Å². The number of aromatic nitrogens is 1. The van der Waals surface area contributed by atoms with Crippen molar-refractivity contribution in [1.29, 1.82) is 0 Å². The van der Waals surface area contributed by atoms with Gasteiger partial charge in [-0.05, 0) is 51.7 Å². The van der Waals surface area contributed by atoms with Gasteiger partial charge in [0.2, 0.25) is 0 Å². The SMILES string of the molecule is CC(C)C(NC(=O)c1cccc(Br)n1)c1ccc(Cl)cc1. The standard InChI is InChI=1S/C16H16BrClN2O/c1-10(2)15(11-6-8-12(18)9-7-11)20-16(21)13-4-3-5-14(17)19-13/h3-10,15H,1-2H3,(H,20,21). The van der Waals surface area contributed by atoms with Gasteiger partial charge in [-0.1, -0.05) is 43.6 Å². The number of halogens is 2. The normalized spacial score (nSPS) is 12.2. The van der Waals surface area contributed by atoms with Gasteiger partial charge in [0.05, 0.1) is 6.04 Å². The van der Waals surface area contributed by atoms with Gasteiger partial charge in [0, 0.05) is 5.02 Å². The van der Waals surface area contributed by atoms with Gasteiger partial charge in [-0.3, -0.25) is 4.79 Å². The molecule has 0 radical (unpaired) electrons. The summed E-state index contributed by atoms with van der Waals surface area (Å²) < 4.78 is 0.641. The maximum absolute atomic E-state index is 12.3. The van der Waals surface area contributed by atoms with Crippen LogP contribution in [-0.4, -0.2) is 10.9 Å². The van der Waals surface area contributed by atoms with E-state index < -0.39 is 0 Å². The molecule has 2 aromatic rings. The molecule has 0 fully saturated rings. The van der Waals surface area contributed by atoms with Crippen LogP contribution in [0, 0.1) is 5.92 Å². The average molecular weight is 368 g/mol. The van der Waals surface area contributed by atoms with E-state index in [1.54, 1.807) is 18.2 Å². The Kier molecular flexibility index (Phi) is 5.37. The van der Waals surface area contributed by atoms with Crippen LogP contribution >= 0.6 is 27.5 Å². The Morgan fingerprint density at radius 2 is 1.86 bits per heavy atom. The van der Waals surface area contributed by atoms with E-state index in [1.165, 1.54) is 0 Å². The molecule has 5 heteroatoms. The molecule has 21 heavy (non-hydrogen) atoms. The Labute approximate surface area is 137 Å². The number of nitrogens with zero attached hydrogens (tertiary/aromatic N) is 1. The van der Waals surface area contributed by atoms with Gasteiger partial charge in [-0.2, -0.15) is 0 Å². The van der Waals surface area contributed by atoms with Gasteiger partial charge in [0.1, 0.15) is 10.3 Å². The van der Waals surface area contributed by atoms with E-state index >= 15 is 0 Å². The van der Waals surface area contributed by atoms with Crippen LogP contribution < -0.4 is 5.32 Å². The molecule has 0 bridgehead atoms. The first kappa shape index (κ1) is 16.0. The third-order valence-electron chi connectivity index (χ3n) is 3.13. The Bertz CT molecular complexity index is 628. The maximum atomic E-state index is 12.3. The van der Waals surface area contributed by atoms with Crippen molar-refractivity contribution in [3.05, 3.63) is 63.3 Å². The largest absolute Gasteiger partial charge is 0.344 e. The molecule has 1 N–H and O–H groups in total. The first-order chi connectivity index (χ1) is 9.97. The molecule has 1 heterocycles. The molecule has 0 saturated heterocycles. The highest BCUT2D eigenvalue weighted by atomic mass is 79.9. The molecule has 0 spiro atoms. The molecule has 0 aliphatic carbocycles. The molecule has 0 aliphatic heterocycles.